The van der Waals surface area contributed by atoms with E-state index in [0.717, 1.165) is 11.3 Å². The molecule has 0 bridgehead atoms. The van der Waals surface area contributed by atoms with Gasteiger partial charge in [0.15, 0.2) is 0 Å². The predicted molar refractivity (Wildman–Crippen MR) is 66.5 cm³/mol. The molecule has 0 fully saturated rings. The molecule has 0 aliphatic rings. The number of hydrogen-bond donors (Lipinski definition) is 2. The van der Waals surface area contributed by atoms with Crippen LogP contribution in [0, 0.1) is 0 Å². The van der Waals surface area contributed by atoms with Crippen molar-refractivity contribution in [2.45, 2.75) is 30.3 Å². The van der Waals surface area contributed by atoms with Gasteiger partial charge in [-0.15, -0.1) is 11.3 Å². The maximum absolute atomic E-state index is 11.9. The Bertz CT molecular complexity index is 464. The summed E-state index contributed by atoms with van der Waals surface area (Å²) in [5.41, 5.74) is -0.551. The average Bonchev–Trinajstić information content (AvgIpc) is 2.76. The average molecular weight is 279 g/mol. The molecule has 0 aromatic carbocycles. The zero-order valence-electron chi connectivity index (χ0n) is 10.1. The second-order valence-corrected chi connectivity index (χ2v) is 7.33. The number of methoxy groups -OCH3 is 1. The lowest BCUT2D eigenvalue weighted by Gasteiger charge is -2.22. The van der Waals surface area contributed by atoms with Crippen molar-refractivity contribution in [1.82, 2.24) is 4.72 Å². The summed E-state index contributed by atoms with van der Waals surface area (Å²) in [6.07, 6.45) is 0. The first-order chi connectivity index (χ1) is 7.80. The number of aliphatic hydroxyl groups is 1. The first-order valence-electron chi connectivity index (χ1n) is 5.05. The quantitative estimate of drug-likeness (QED) is 0.812. The van der Waals surface area contributed by atoms with Crippen LogP contribution < -0.4 is 4.72 Å². The summed E-state index contributed by atoms with van der Waals surface area (Å²) in [6, 6.07) is 3.08. The molecule has 0 atom stereocenters. The minimum atomic E-state index is -3.52. The van der Waals surface area contributed by atoms with Gasteiger partial charge >= 0.3 is 0 Å². The van der Waals surface area contributed by atoms with Gasteiger partial charge in [0, 0.05) is 18.5 Å². The summed E-state index contributed by atoms with van der Waals surface area (Å²) in [7, 11) is -1.98. The molecule has 2 N–H and O–H groups in total. The van der Waals surface area contributed by atoms with E-state index in [1.165, 1.54) is 13.2 Å². The van der Waals surface area contributed by atoms with Crippen LogP contribution in [0.25, 0.3) is 0 Å². The van der Waals surface area contributed by atoms with Gasteiger partial charge in [-0.3, -0.25) is 0 Å². The Kier molecular flexibility index (Phi) is 4.68. The van der Waals surface area contributed by atoms with Crippen LogP contribution in [0.1, 0.15) is 18.7 Å². The fourth-order valence-corrected chi connectivity index (χ4v) is 3.46. The highest BCUT2D eigenvalue weighted by Crippen LogP contribution is 2.21. The SMILES string of the molecule is COC(C)(C)CNS(=O)(=O)c1ccc(CO)s1. The summed E-state index contributed by atoms with van der Waals surface area (Å²) < 4.78 is 31.6. The van der Waals surface area contributed by atoms with Gasteiger partial charge in [-0.05, 0) is 26.0 Å². The maximum Gasteiger partial charge on any atom is 0.250 e. The molecular formula is C10H17NO4S2. The van der Waals surface area contributed by atoms with Crippen molar-refractivity contribution in [1.29, 1.82) is 0 Å². The summed E-state index contributed by atoms with van der Waals surface area (Å²) in [5, 5.41) is 8.89. The number of thiophene rings is 1. The molecule has 1 heterocycles. The van der Waals surface area contributed by atoms with Gasteiger partial charge in [0.1, 0.15) is 4.21 Å². The Labute approximate surface area is 105 Å². The third-order valence-electron chi connectivity index (χ3n) is 2.30. The number of aliphatic hydroxyl groups excluding tert-OH is 1. The number of rotatable bonds is 6. The van der Waals surface area contributed by atoms with Crippen LogP contribution >= 0.6 is 11.3 Å². The van der Waals surface area contributed by atoms with Crippen LogP contribution in [-0.4, -0.2) is 32.8 Å². The van der Waals surface area contributed by atoms with E-state index >= 15 is 0 Å². The van der Waals surface area contributed by atoms with E-state index in [4.69, 9.17) is 9.84 Å². The highest BCUT2D eigenvalue weighted by atomic mass is 32.2. The van der Waals surface area contributed by atoms with Gasteiger partial charge in [0.2, 0.25) is 10.0 Å². The van der Waals surface area contributed by atoms with Crippen LogP contribution in [0.3, 0.4) is 0 Å². The predicted octanol–water partition coefficient (Wildman–Crippen LogP) is 0.944. The van der Waals surface area contributed by atoms with E-state index in [1.54, 1.807) is 19.9 Å². The van der Waals surface area contributed by atoms with E-state index < -0.39 is 15.6 Å². The first-order valence-corrected chi connectivity index (χ1v) is 7.35. The van der Waals surface area contributed by atoms with Crippen molar-refractivity contribution in [2.24, 2.45) is 0 Å². The molecule has 0 amide bonds. The second kappa shape index (κ2) is 5.45. The molecule has 0 saturated carbocycles. The van der Waals surface area contributed by atoms with Crippen LogP contribution in [0.2, 0.25) is 0 Å². The number of hydrogen-bond acceptors (Lipinski definition) is 5. The molecule has 0 spiro atoms. The van der Waals surface area contributed by atoms with E-state index in [9.17, 15) is 8.42 Å². The van der Waals surface area contributed by atoms with Crippen molar-refractivity contribution in [3.8, 4) is 0 Å². The molecule has 1 aromatic rings. The molecule has 0 unspecified atom stereocenters. The molecule has 7 heteroatoms. The number of ether oxygens (including phenoxy) is 1. The van der Waals surface area contributed by atoms with Gasteiger partial charge in [-0.25, -0.2) is 13.1 Å². The fourth-order valence-electron chi connectivity index (χ4n) is 1.000. The molecule has 5 nitrogen and oxygen atoms in total. The Morgan fingerprint density at radius 1 is 1.47 bits per heavy atom. The van der Waals surface area contributed by atoms with E-state index in [2.05, 4.69) is 4.72 Å². The third kappa shape index (κ3) is 4.04. The molecule has 0 aliphatic carbocycles. The molecule has 1 aromatic heterocycles. The lowest BCUT2D eigenvalue weighted by atomic mass is 10.1. The Balaban J connectivity index is 2.76. The smallest absolute Gasteiger partial charge is 0.250 e. The van der Waals surface area contributed by atoms with Gasteiger partial charge in [-0.1, -0.05) is 0 Å². The minimum Gasteiger partial charge on any atom is -0.391 e. The summed E-state index contributed by atoms with van der Waals surface area (Å²) >= 11 is 1.06. The molecular weight excluding hydrogens is 262 g/mol. The molecule has 17 heavy (non-hydrogen) atoms. The van der Waals surface area contributed by atoms with Crippen LogP contribution in [0.5, 0.6) is 0 Å². The lowest BCUT2D eigenvalue weighted by Crippen LogP contribution is -2.39. The highest BCUT2D eigenvalue weighted by Gasteiger charge is 2.22. The normalized spacial score (nSPS) is 12.9. The lowest BCUT2D eigenvalue weighted by molar-refractivity contribution is 0.0276. The van der Waals surface area contributed by atoms with E-state index in [0.29, 0.717) is 4.88 Å². The van der Waals surface area contributed by atoms with Gasteiger partial charge in [0.25, 0.3) is 0 Å². The minimum absolute atomic E-state index is 0.149. The zero-order valence-corrected chi connectivity index (χ0v) is 11.7. The Morgan fingerprint density at radius 3 is 2.59 bits per heavy atom. The van der Waals surface area contributed by atoms with E-state index in [1.807, 2.05) is 0 Å². The Hall–Kier alpha value is -0.470. The zero-order chi connectivity index (χ0) is 13.1. The topological polar surface area (TPSA) is 75.6 Å². The van der Waals surface area contributed by atoms with Crippen LogP contribution in [-0.2, 0) is 21.4 Å². The van der Waals surface area contributed by atoms with Gasteiger partial charge in [-0.2, -0.15) is 0 Å². The van der Waals surface area contributed by atoms with Gasteiger partial charge < -0.3 is 9.84 Å². The largest absolute Gasteiger partial charge is 0.391 e. The highest BCUT2D eigenvalue weighted by molar-refractivity contribution is 7.91. The van der Waals surface area contributed by atoms with Crippen LogP contribution in [0.4, 0.5) is 0 Å². The first kappa shape index (κ1) is 14.6. The van der Waals surface area contributed by atoms with Gasteiger partial charge in [0.05, 0.1) is 12.2 Å². The number of nitrogens with one attached hydrogen (secondary N) is 1. The molecule has 0 saturated heterocycles. The monoisotopic (exact) mass is 279 g/mol. The maximum atomic E-state index is 11.9. The van der Waals surface area contributed by atoms with E-state index in [-0.39, 0.29) is 17.4 Å². The van der Waals surface area contributed by atoms with Crippen molar-refractivity contribution in [3.63, 3.8) is 0 Å². The molecule has 1 rings (SSSR count). The van der Waals surface area contributed by atoms with Crippen molar-refractivity contribution >= 4 is 21.4 Å². The van der Waals surface area contributed by atoms with Crippen molar-refractivity contribution in [2.75, 3.05) is 13.7 Å². The van der Waals surface area contributed by atoms with Crippen molar-refractivity contribution in [3.05, 3.63) is 17.0 Å². The fraction of sp³-hybridized carbons (Fsp3) is 0.600. The molecule has 98 valence electrons. The third-order valence-corrected chi connectivity index (χ3v) is 5.26. The van der Waals surface area contributed by atoms with Crippen molar-refractivity contribution < 1.29 is 18.3 Å². The van der Waals surface area contributed by atoms with Crippen LogP contribution in [0.15, 0.2) is 16.3 Å². The molecule has 0 aliphatic heterocycles. The second-order valence-electron chi connectivity index (χ2n) is 4.17. The Morgan fingerprint density at radius 2 is 2.12 bits per heavy atom. The summed E-state index contributed by atoms with van der Waals surface area (Å²) in [5.74, 6) is 0. The summed E-state index contributed by atoms with van der Waals surface area (Å²) in [6.45, 7) is 3.63. The molecule has 0 radical (unpaired) electrons. The number of sulfonamides is 1. The summed E-state index contributed by atoms with van der Waals surface area (Å²) in [4.78, 5) is 0.622. The standard InChI is InChI=1S/C10H17NO4S2/c1-10(2,15-3)7-11-17(13,14)9-5-4-8(6-12)16-9/h4-5,11-12H,6-7H2,1-3H3.